The van der Waals surface area contributed by atoms with E-state index in [-0.39, 0.29) is 17.7 Å². The van der Waals surface area contributed by atoms with E-state index >= 15 is 0 Å². The molecule has 2 amide bonds. The van der Waals surface area contributed by atoms with Crippen LogP contribution in [-0.2, 0) is 17.9 Å². The number of aromatic nitrogens is 2. The van der Waals surface area contributed by atoms with Crippen LogP contribution < -0.4 is 10.6 Å². The molecule has 2 heterocycles. The van der Waals surface area contributed by atoms with Crippen LogP contribution >= 0.6 is 0 Å². The van der Waals surface area contributed by atoms with Gasteiger partial charge in [0, 0.05) is 32.2 Å². The van der Waals surface area contributed by atoms with Crippen LogP contribution in [0, 0.1) is 5.92 Å². The van der Waals surface area contributed by atoms with Gasteiger partial charge in [-0.15, -0.1) is 0 Å². The van der Waals surface area contributed by atoms with Gasteiger partial charge in [0.2, 0.25) is 5.91 Å². The Kier molecular flexibility index (Phi) is 6.14. The molecule has 0 aliphatic carbocycles. The number of likely N-dealkylation sites (N-methyl/N-ethyl adjacent to an activating group) is 2. The lowest BCUT2D eigenvalue weighted by molar-refractivity contribution is -0.122. The van der Waals surface area contributed by atoms with E-state index in [1.165, 1.54) is 0 Å². The van der Waals surface area contributed by atoms with E-state index in [9.17, 15) is 9.59 Å². The number of nitrogens with one attached hydrogen (secondary N) is 2. The number of carbonyl (C=O) groups is 2. The minimum atomic E-state index is -0.573. The average Bonchev–Trinajstić information content (AvgIpc) is 3.05. The maximum absolute atomic E-state index is 13.1. The molecule has 2 aromatic rings. The van der Waals surface area contributed by atoms with Crippen molar-refractivity contribution in [3.63, 3.8) is 0 Å². The second kappa shape index (κ2) is 8.56. The Labute approximate surface area is 166 Å². The molecule has 0 saturated carbocycles. The highest BCUT2D eigenvalue weighted by atomic mass is 16.2. The number of benzene rings is 1. The largest absolute Gasteiger partial charge is 0.357 e. The van der Waals surface area contributed by atoms with Crippen LogP contribution in [0.4, 0.5) is 0 Å². The number of nitrogens with zero attached hydrogens (tertiary/aromatic N) is 3. The molecule has 0 spiro atoms. The molecule has 7 heteroatoms. The van der Waals surface area contributed by atoms with Crippen molar-refractivity contribution < 1.29 is 9.59 Å². The third kappa shape index (κ3) is 4.25. The standard InChI is InChI=1S/C21H29N5O2/c1-14(2)12-16(20(27)22-3)23-21(28)18-17-13-25(4)10-11-26(17)19(24-18)15-8-6-5-7-9-15/h5-9,14,16H,10-13H2,1-4H3,(H,22,27)(H,23,28)/t16-/m0/s1. The molecule has 0 fully saturated rings. The highest BCUT2D eigenvalue weighted by molar-refractivity contribution is 5.97. The minimum Gasteiger partial charge on any atom is -0.357 e. The van der Waals surface area contributed by atoms with Gasteiger partial charge in [0.05, 0.1) is 5.69 Å². The summed E-state index contributed by atoms with van der Waals surface area (Å²) in [5.74, 6) is 0.602. The maximum Gasteiger partial charge on any atom is 0.272 e. The molecule has 0 unspecified atom stereocenters. The van der Waals surface area contributed by atoms with Crippen molar-refractivity contribution >= 4 is 11.8 Å². The van der Waals surface area contributed by atoms with Crippen molar-refractivity contribution in [3.05, 3.63) is 41.7 Å². The number of fused-ring (bicyclic) bond motifs is 1. The van der Waals surface area contributed by atoms with Crippen molar-refractivity contribution in [3.8, 4) is 11.4 Å². The molecule has 1 aromatic heterocycles. The molecular formula is C21H29N5O2. The normalized spacial score (nSPS) is 15.2. The summed E-state index contributed by atoms with van der Waals surface area (Å²) in [5.41, 5.74) is 2.28. The van der Waals surface area contributed by atoms with Crippen LogP contribution in [-0.4, -0.2) is 52.9 Å². The minimum absolute atomic E-state index is 0.185. The van der Waals surface area contributed by atoms with E-state index in [4.69, 9.17) is 4.98 Å². The lowest BCUT2D eigenvalue weighted by Crippen LogP contribution is -2.46. The fraction of sp³-hybridized carbons (Fsp3) is 0.476. The molecule has 0 radical (unpaired) electrons. The summed E-state index contributed by atoms with van der Waals surface area (Å²) in [7, 11) is 3.62. The monoisotopic (exact) mass is 383 g/mol. The summed E-state index contributed by atoms with van der Waals surface area (Å²) in [6, 6.07) is 9.33. The second-order valence-electron chi connectivity index (χ2n) is 7.76. The first-order valence-electron chi connectivity index (χ1n) is 9.76. The Hall–Kier alpha value is -2.67. The van der Waals surface area contributed by atoms with E-state index in [1.807, 2.05) is 51.2 Å². The predicted molar refractivity (Wildman–Crippen MR) is 109 cm³/mol. The molecule has 1 atom stereocenters. The summed E-state index contributed by atoms with van der Waals surface area (Å²) in [6.45, 7) is 6.39. The average molecular weight is 383 g/mol. The third-order valence-electron chi connectivity index (χ3n) is 5.02. The quantitative estimate of drug-likeness (QED) is 0.798. The molecule has 1 aromatic carbocycles. The van der Waals surface area contributed by atoms with Crippen LogP contribution in [0.3, 0.4) is 0 Å². The van der Waals surface area contributed by atoms with Crippen LogP contribution in [0.2, 0.25) is 0 Å². The van der Waals surface area contributed by atoms with E-state index in [1.54, 1.807) is 7.05 Å². The highest BCUT2D eigenvalue weighted by Gasteiger charge is 2.29. The van der Waals surface area contributed by atoms with E-state index < -0.39 is 6.04 Å². The number of hydrogen-bond acceptors (Lipinski definition) is 4. The van der Waals surface area contributed by atoms with Gasteiger partial charge in [-0.1, -0.05) is 44.2 Å². The highest BCUT2D eigenvalue weighted by Crippen LogP contribution is 2.26. The molecule has 0 saturated heterocycles. The molecular weight excluding hydrogens is 354 g/mol. The van der Waals surface area contributed by atoms with Crippen LogP contribution in [0.5, 0.6) is 0 Å². The van der Waals surface area contributed by atoms with E-state index in [2.05, 4.69) is 20.1 Å². The Morgan fingerprint density at radius 3 is 2.54 bits per heavy atom. The molecule has 2 N–H and O–H groups in total. The van der Waals surface area contributed by atoms with Crippen molar-refractivity contribution in [2.75, 3.05) is 20.6 Å². The molecule has 1 aliphatic rings. The SMILES string of the molecule is CNC(=O)[C@H](CC(C)C)NC(=O)c1nc(-c2ccccc2)n2c1CN(C)CC2. The molecule has 0 bridgehead atoms. The molecule has 7 nitrogen and oxygen atoms in total. The first kappa shape index (κ1) is 20.1. The second-order valence-corrected chi connectivity index (χ2v) is 7.76. The summed E-state index contributed by atoms with van der Waals surface area (Å²) in [5, 5.41) is 5.54. The van der Waals surface area contributed by atoms with Crippen molar-refractivity contribution in [2.24, 2.45) is 5.92 Å². The Bertz CT molecular complexity index is 844. The van der Waals surface area contributed by atoms with Crippen LogP contribution in [0.1, 0.15) is 36.5 Å². The Morgan fingerprint density at radius 1 is 1.18 bits per heavy atom. The molecule has 150 valence electrons. The van der Waals surface area contributed by atoms with Crippen LogP contribution in [0.25, 0.3) is 11.4 Å². The molecule has 3 rings (SSSR count). The van der Waals surface area contributed by atoms with Crippen molar-refractivity contribution in [1.29, 1.82) is 0 Å². The zero-order valence-corrected chi connectivity index (χ0v) is 17.0. The van der Waals surface area contributed by atoms with Gasteiger partial charge in [0.25, 0.3) is 5.91 Å². The van der Waals surface area contributed by atoms with Crippen molar-refractivity contribution in [1.82, 2.24) is 25.1 Å². The lowest BCUT2D eigenvalue weighted by atomic mass is 10.0. The van der Waals surface area contributed by atoms with Gasteiger partial charge in [-0.2, -0.15) is 0 Å². The summed E-state index contributed by atoms with van der Waals surface area (Å²) in [6.07, 6.45) is 0.576. The van der Waals surface area contributed by atoms with Crippen molar-refractivity contribution in [2.45, 2.75) is 39.4 Å². The number of rotatable bonds is 6. The first-order valence-corrected chi connectivity index (χ1v) is 9.76. The van der Waals surface area contributed by atoms with Gasteiger partial charge >= 0.3 is 0 Å². The zero-order chi connectivity index (χ0) is 20.3. The Balaban J connectivity index is 1.95. The fourth-order valence-electron chi connectivity index (χ4n) is 3.59. The summed E-state index contributed by atoms with van der Waals surface area (Å²) in [4.78, 5) is 32.2. The number of hydrogen-bond donors (Lipinski definition) is 2. The first-order chi connectivity index (χ1) is 13.4. The Morgan fingerprint density at radius 2 is 1.89 bits per heavy atom. The topological polar surface area (TPSA) is 79.3 Å². The van der Waals surface area contributed by atoms with E-state index in [0.29, 0.717) is 18.7 Å². The smallest absolute Gasteiger partial charge is 0.272 e. The van der Waals surface area contributed by atoms with Gasteiger partial charge in [-0.05, 0) is 19.4 Å². The summed E-state index contributed by atoms with van der Waals surface area (Å²) >= 11 is 0. The maximum atomic E-state index is 13.1. The number of amides is 2. The lowest BCUT2D eigenvalue weighted by Gasteiger charge is -2.26. The van der Waals surface area contributed by atoms with Crippen LogP contribution in [0.15, 0.2) is 30.3 Å². The van der Waals surface area contributed by atoms with Gasteiger partial charge < -0.3 is 15.2 Å². The van der Waals surface area contributed by atoms with Gasteiger partial charge in [-0.3, -0.25) is 14.5 Å². The van der Waals surface area contributed by atoms with E-state index in [0.717, 1.165) is 30.2 Å². The molecule has 1 aliphatic heterocycles. The third-order valence-corrected chi connectivity index (χ3v) is 5.02. The van der Waals surface area contributed by atoms with Gasteiger partial charge in [-0.25, -0.2) is 4.98 Å². The number of imidazole rings is 1. The zero-order valence-electron chi connectivity index (χ0n) is 17.0. The van der Waals surface area contributed by atoms with Gasteiger partial charge in [0.1, 0.15) is 11.9 Å². The summed E-state index contributed by atoms with van der Waals surface area (Å²) < 4.78 is 2.13. The molecule has 28 heavy (non-hydrogen) atoms. The fourth-order valence-corrected chi connectivity index (χ4v) is 3.59. The number of carbonyl (C=O) groups excluding carboxylic acids is 2. The predicted octanol–water partition coefficient (Wildman–Crippen LogP) is 1.89. The van der Waals surface area contributed by atoms with Gasteiger partial charge in [0.15, 0.2) is 5.69 Å².